The molecule has 0 radical (unpaired) electrons. The van der Waals surface area contributed by atoms with Crippen LogP contribution < -0.4 is 0 Å². The maximum Gasteiger partial charge on any atom is 0.0482 e. The zero-order chi connectivity index (χ0) is 12.3. The smallest absolute Gasteiger partial charge is 0.0482 e. The topological polar surface area (TPSA) is 4.93 Å². The first-order chi connectivity index (χ1) is 8.29. The highest BCUT2D eigenvalue weighted by Gasteiger charge is 2.12. The van der Waals surface area contributed by atoms with Gasteiger partial charge in [0.2, 0.25) is 0 Å². The molecular formula is C16H21N. The lowest BCUT2D eigenvalue weighted by Gasteiger charge is -2.05. The molecule has 1 aromatic carbocycles. The van der Waals surface area contributed by atoms with E-state index >= 15 is 0 Å². The van der Waals surface area contributed by atoms with Crippen molar-refractivity contribution in [3.63, 3.8) is 0 Å². The molecule has 0 aliphatic rings. The van der Waals surface area contributed by atoms with E-state index in [0.29, 0.717) is 0 Å². The molecule has 0 fully saturated rings. The first-order valence-electron chi connectivity index (χ1n) is 6.45. The van der Waals surface area contributed by atoms with Gasteiger partial charge in [0.1, 0.15) is 0 Å². The van der Waals surface area contributed by atoms with Crippen molar-refractivity contribution in [1.29, 1.82) is 0 Å². The van der Waals surface area contributed by atoms with E-state index in [9.17, 15) is 0 Å². The fourth-order valence-electron chi connectivity index (χ4n) is 2.56. The summed E-state index contributed by atoms with van der Waals surface area (Å²) in [5.74, 6) is 0. The second kappa shape index (κ2) is 5.22. The van der Waals surface area contributed by atoms with Crippen LogP contribution >= 0.6 is 0 Å². The zero-order valence-electron chi connectivity index (χ0n) is 10.9. The van der Waals surface area contributed by atoms with Crippen molar-refractivity contribution in [2.24, 2.45) is 7.05 Å². The Balaban J connectivity index is 2.57. The van der Waals surface area contributed by atoms with E-state index in [2.05, 4.69) is 49.4 Å². The van der Waals surface area contributed by atoms with Crippen molar-refractivity contribution in [1.82, 2.24) is 4.57 Å². The Kier molecular flexibility index (Phi) is 3.68. The first kappa shape index (κ1) is 12.0. The van der Waals surface area contributed by atoms with Crippen molar-refractivity contribution >= 4 is 10.9 Å². The minimum atomic E-state index is 0.973. The van der Waals surface area contributed by atoms with Gasteiger partial charge in [0.05, 0.1) is 0 Å². The summed E-state index contributed by atoms with van der Waals surface area (Å²) in [4.78, 5) is 0. The normalized spacial score (nSPS) is 10.9. The van der Waals surface area contributed by atoms with Crippen LogP contribution in [0.2, 0.25) is 0 Å². The second-order valence-corrected chi connectivity index (χ2v) is 4.60. The van der Waals surface area contributed by atoms with E-state index in [4.69, 9.17) is 0 Å². The van der Waals surface area contributed by atoms with Gasteiger partial charge in [-0.1, -0.05) is 37.6 Å². The number of aromatic nitrogens is 1. The van der Waals surface area contributed by atoms with Gasteiger partial charge in [0.25, 0.3) is 0 Å². The molecule has 1 heteroatoms. The van der Waals surface area contributed by atoms with E-state index in [1.165, 1.54) is 41.4 Å². The van der Waals surface area contributed by atoms with Crippen LogP contribution in [0.1, 0.15) is 31.0 Å². The number of hydrogen-bond donors (Lipinski definition) is 0. The summed E-state index contributed by atoms with van der Waals surface area (Å²) < 4.78 is 2.35. The molecule has 0 bridgehead atoms. The molecule has 1 heterocycles. The van der Waals surface area contributed by atoms with E-state index < -0.39 is 0 Å². The molecule has 0 unspecified atom stereocenters. The van der Waals surface area contributed by atoms with Crippen LogP contribution in [-0.4, -0.2) is 4.57 Å². The van der Waals surface area contributed by atoms with Crippen LogP contribution in [0.15, 0.2) is 36.9 Å². The summed E-state index contributed by atoms with van der Waals surface area (Å²) in [7, 11) is 2.18. The molecule has 2 rings (SSSR count). The van der Waals surface area contributed by atoms with Gasteiger partial charge in [-0.25, -0.2) is 0 Å². The van der Waals surface area contributed by atoms with Gasteiger partial charge >= 0.3 is 0 Å². The van der Waals surface area contributed by atoms with Gasteiger partial charge < -0.3 is 4.57 Å². The summed E-state index contributed by atoms with van der Waals surface area (Å²) in [6.45, 7) is 6.13. The van der Waals surface area contributed by atoms with E-state index in [0.717, 1.165) is 6.42 Å². The van der Waals surface area contributed by atoms with E-state index in [-0.39, 0.29) is 0 Å². The van der Waals surface area contributed by atoms with Gasteiger partial charge in [-0.15, -0.1) is 6.58 Å². The first-order valence-corrected chi connectivity index (χ1v) is 6.45. The number of nitrogens with zero attached hydrogens (tertiary/aromatic N) is 1. The highest BCUT2D eigenvalue weighted by Crippen LogP contribution is 2.27. The van der Waals surface area contributed by atoms with Crippen molar-refractivity contribution in [3.05, 3.63) is 48.2 Å². The Labute approximate surface area is 104 Å². The molecule has 0 atom stereocenters. The lowest BCUT2D eigenvalue weighted by Crippen LogP contribution is -1.99. The van der Waals surface area contributed by atoms with Gasteiger partial charge in [-0.2, -0.15) is 0 Å². The summed E-state index contributed by atoms with van der Waals surface area (Å²) in [6, 6.07) is 8.67. The fourth-order valence-corrected chi connectivity index (χ4v) is 2.56. The van der Waals surface area contributed by atoms with Crippen LogP contribution in [0, 0.1) is 0 Å². The third-order valence-electron chi connectivity index (χ3n) is 3.46. The molecule has 1 nitrogen and oxygen atoms in total. The average Bonchev–Trinajstić information content (AvgIpc) is 2.62. The van der Waals surface area contributed by atoms with Crippen molar-refractivity contribution in [2.75, 3.05) is 0 Å². The summed E-state index contributed by atoms with van der Waals surface area (Å²) in [6.07, 6.45) is 6.66. The van der Waals surface area contributed by atoms with Crippen LogP contribution in [0.25, 0.3) is 10.9 Å². The highest BCUT2D eigenvalue weighted by atomic mass is 14.9. The maximum absolute atomic E-state index is 3.88. The molecule has 0 aliphatic carbocycles. The zero-order valence-corrected chi connectivity index (χ0v) is 10.9. The number of benzene rings is 1. The SMILES string of the molecule is C=CCc1c(CCCC)n(C)c2ccccc12. The minimum Gasteiger partial charge on any atom is -0.347 e. The minimum absolute atomic E-state index is 0.973. The van der Waals surface area contributed by atoms with Gasteiger partial charge in [0, 0.05) is 23.6 Å². The fraction of sp³-hybridized carbons (Fsp3) is 0.375. The van der Waals surface area contributed by atoms with Gasteiger partial charge in [0.15, 0.2) is 0 Å². The lowest BCUT2D eigenvalue weighted by atomic mass is 10.0. The van der Waals surface area contributed by atoms with Crippen LogP contribution in [0.4, 0.5) is 0 Å². The molecule has 17 heavy (non-hydrogen) atoms. The summed E-state index contributed by atoms with van der Waals surface area (Å²) in [5.41, 5.74) is 4.29. The molecule has 0 saturated carbocycles. The highest BCUT2D eigenvalue weighted by molar-refractivity contribution is 5.85. The molecule has 0 spiro atoms. The van der Waals surface area contributed by atoms with Crippen LogP contribution in [-0.2, 0) is 19.9 Å². The number of rotatable bonds is 5. The summed E-state index contributed by atoms with van der Waals surface area (Å²) >= 11 is 0. The quantitative estimate of drug-likeness (QED) is 0.673. The van der Waals surface area contributed by atoms with E-state index in [1.807, 2.05) is 6.08 Å². The van der Waals surface area contributed by atoms with Crippen molar-refractivity contribution in [2.45, 2.75) is 32.6 Å². The van der Waals surface area contributed by atoms with Crippen molar-refractivity contribution in [3.8, 4) is 0 Å². The molecule has 1 aromatic heterocycles. The van der Waals surface area contributed by atoms with E-state index in [1.54, 1.807) is 0 Å². The standard InChI is InChI=1S/C16H21N/c1-4-6-11-15-13(9-5-2)14-10-7-8-12-16(14)17(15)3/h5,7-8,10,12H,2,4,6,9,11H2,1,3H3. The number of hydrogen-bond acceptors (Lipinski definition) is 0. The molecular weight excluding hydrogens is 206 g/mol. The number of fused-ring (bicyclic) bond motifs is 1. The van der Waals surface area contributed by atoms with Gasteiger partial charge in [-0.05, 0) is 30.9 Å². The Hall–Kier alpha value is -1.50. The summed E-state index contributed by atoms with van der Waals surface area (Å²) in [5, 5.41) is 1.39. The Morgan fingerprint density at radius 1 is 1.29 bits per heavy atom. The average molecular weight is 227 g/mol. The van der Waals surface area contributed by atoms with Crippen molar-refractivity contribution < 1.29 is 0 Å². The lowest BCUT2D eigenvalue weighted by molar-refractivity contribution is 0.735. The third kappa shape index (κ3) is 2.14. The number of para-hydroxylation sites is 1. The van der Waals surface area contributed by atoms with Crippen LogP contribution in [0.3, 0.4) is 0 Å². The Morgan fingerprint density at radius 3 is 2.76 bits per heavy atom. The van der Waals surface area contributed by atoms with Gasteiger partial charge in [-0.3, -0.25) is 0 Å². The van der Waals surface area contributed by atoms with Crippen LogP contribution in [0.5, 0.6) is 0 Å². The molecule has 0 aliphatic heterocycles. The molecule has 2 aromatic rings. The molecule has 0 amide bonds. The molecule has 0 saturated heterocycles. The number of aryl methyl sites for hydroxylation is 1. The predicted octanol–water partition coefficient (Wildman–Crippen LogP) is 4.25. The number of unbranched alkanes of at least 4 members (excludes halogenated alkanes) is 1. The maximum atomic E-state index is 3.88. The largest absolute Gasteiger partial charge is 0.347 e. The Morgan fingerprint density at radius 2 is 2.06 bits per heavy atom. The predicted molar refractivity (Wildman–Crippen MR) is 75.4 cm³/mol. The molecule has 90 valence electrons. The third-order valence-corrected chi connectivity index (χ3v) is 3.46. The Bertz CT molecular complexity index is 520. The second-order valence-electron chi connectivity index (χ2n) is 4.60. The number of allylic oxidation sites excluding steroid dienone is 1. The monoisotopic (exact) mass is 227 g/mol. The molecule has 0 N–H and O–H groups in total.